The van der Waals surface area contributed by atoms with Gasteiger partial charge in [-0.25, -0.2) is 0 Å². The van der Waals surface area contributed by atoms with Gasteiger partial charge in [-0.3, -0.25) is 14.4 Å². The monoisotopic (exact) mass is 823 g/mol. The zero-order valence-corrected chi connectivity index (χ0v) is 38.5. The van der Waals surface area contributed by atoms with Crippen LogP contribution in [-0.2, 0) is 28.6 Å². The van der Waals surface area contributed by atoms with Gasteiger partial charge in [0, 0.05) is 19.3 Å². The second-order valence-corrected chi connectivity index (χ2v) is 16.0. The van der Waals surface area contributed by atoms with Crippen LogP contribution >= 0.6 is 0 Å². The SMILES string of the molecule is CC/C=C\C/C=C\C/C=C\CCCCCCC(=O)OC(COC(=O)CCCC/C=C\C/C=C\CC)COC(=O)CCCCCCC/C=C\CCCCCCCCCCC. The van der Waals surface area contributed by atoms with Crippen molar-refractivity contribution in [2.24, 2.45) is 0 Å². The molecule has 59 heavy (non-hydrogen) atoms. The molecule has 0 N–H and O–H groups in total. The molecule has 6 heteroatoms. The maximum Gasteiger partial charge on any atom is 0.306 e. The van der Waals surface area contributed by atoms with Crippen LogP contribution in [0.1, 0.15) is 226 Å². The molecule has 0 saturated carbocycles. The Morgan fingerprint density at radius 1 is 0.356 bits per heavy atom. The zero-order valence-electron chi connectivity index (χ0n) is 38.5. The Labute approximate surface area is 363 Å². The van der Waals surface area contributed by atoms with Gasteiger partial charge in [-0.2, -0.15) is 0 Å². The lowest BCUT2D eigenvalue weighted by Gasteiger charge is -2.18. The zero-order chi connectivity index (χ0) is 43.0. The van der Waals surface area contributed by atoms with Crippen LogP contribution in [0.2, 0.25) is 0 Å². The summed E-state index contributed by atoms with van der Waals surface area (Å²) in [6.45, 7) is 6.34. The highest BCUT2D eigenvalue weighted by Crippen LogP contribution is 2.13. The first-order chi connectivity index (χ1) is 29.0. The topological polar surface area (TPSA) is 78.9 Å². The van der Waals surface area contributed by atoms with Crippen molar-refractivity contribution in [1.29, 1.82) is 0 Å². The van der Waals surface area contributed by atoms with Gasteiger partial charge in [0.1, 0.15) is 13.2 Å². The minimum absolute atomic E-state index is 0.0997. The van der Waals surface area contributed by atoms with Crippen LogP contribution in [0.15, 0.2) is 72.9 Å². The normalized spacial score (nSPS) is 12.7. The summed E-state index contributed by atoms with van der Waals surface area (Å²) in [5.41, 5.74) is 0. The molecule has 0 radical (unpaired) electrons. The maximum atomic E-state index is 12.7. The number of rotatable bonds is 43. The molecule has 0 bridgehead atoms. The highest BCUT2D eigenvalue weighted by molar-refractivity contribution is 5.71. The lowest BCUT2D eigenvalue weighted by atomic mass is 10.1. The summed E-state index contributed by atoms with van der Waals surface area (Å²) in [5, 5.41) is 0. The molecule has 0 saturated heterocycles. The molecular weight excluding hydrogens is 733 g/mol. The number of allylic oxidation sites excluding steroid dienone is 12. The summed E-state index contributed by atoms with van der Waals surface area (Å²) in [7, 11) is 0. The number of esters is 3. The second-order valence-electron chi connectivity index (χ2n) is 16.0. The van der Waals surface area contributed by atoms with Crippen LogP contribution in [0.3, 0.4) is 0 Å². The Hall–Kier alpha value is -3.15. The van der Waals surface area contributed by atoms with E-state index in [1.165, 1.54) is 77.0 Å². The van der Waals surface area contributed by atoms with Crippen molar-refractivity contribution in [2.75, 3.05) is 13.2 Å². The molecule has 338 valence electrons. The average molecular weight is 823 g/mol. The number of carbonyl (C=O) groups excluding carboxylic acids is 3. The van der Waals surface area contributed by atoms with Gasteiger partial charge in [0.2, 0.25) is 0 Å². The number of hydrogen-bond donors (Lipinski definition) is 0. The molecule has 0 aromatic rings. The van der Waals surface area contributed by atoms with E-state index in [2.05, 4.69) is 93.7 Å². The molecule has 0 aromatic carbocycles. The quantitative estimate of drug-likeness (QED) is 0.0264. The minimum atomic E-state index is -0.801. The van der Waals surface area contributed by atoms with Gasteiger partial charge in [0.15, 0.2) is 6.10 Å². The molecule has 0 spiro atoms. The standard InChI is InChI=1S/C53H90O6/c1-4-7-10-13-16-19-21-23-25-26-27-28-30-31-34-37-40-43-46-52(55)58-49-50(48-57-51(54)45-42-39-36-33-18-15-12-9-6-3)59-53(56)47-44-41-38-35-32-29-24-22-20-17-14-11-8-5-2/h8-9,11-12,17-18,20,24,27-29,33,50H,4-7,10,13-16,19,21-23,25-26,30-32,34-49H2,1-3H3/b11-8-,12-9-,20-17-,28-27-,29-24-,33-18-. The fourth-order valence-corrected chi connectivity index (χ4v) is 6.55. The van der Waals surface area contributed by atoms with Crippen LogP contribution in [0, 0.1) is 0 Å². The summed E-state index contributed by atoms with van der Waals surface area (Å²) in [5.74, 6) is -0.971. The van der Waals surface area contributed by atoms with Crippen molar-refractivity contribution < 1.29 is 28.6 Å². The summed E-state index contributed by atoms with van der Waals surface area (Å²) in [6.07, 6.45) is 59.0. The summed E-state index contributed by atoms with van der Waals surface area (Å²) in [6, 6.07) is 0. The third-order valence-electron chi connectivity index (χ3n) is 10.2. The highest BCUT2D eigenvalue weighted by Gasteiger charge is 2.19. The molecule has 0 fully saturated rings. The van der Waals surface area contributed by atoms with E-state index >= 15 is 0 Å². The van der Waals surface area contributed by atoms with Crippen LogP contribution < -0.4 is 0 Å². The number of unbranched alkanes of at least 4 members (excludes halogenated alkanes) is 20. The largest absolute Gasteiger partial charge is 0.462 e. The molecule has 0 heterocycles. The molecule has 6 nitrogen and oxygen atoms in total. The average Bonchev–Trinajstić information content (AvgIpc) is 3.23. The maximum absolute atomic E-state index is 12.7. The Bertz CT molecular complexity index is 1130. The summed E-state index contributed by atoms with van der Waals surface area (Å²) < 4.78 is 16.7. The summed E-state index contributed by atoms with van der Waals surface area (Å²) in [4.78, 5) is 37.8. The van der Waals surface area contributed by atoms with Gasteiger partial charge in [0.05, 0.1) is 0 Å². The number of carbonyl (C=O) groups is 3. The molecule has 0 rings (SSSR count). The fourth-order valence-electron chi connectivity index (χ4n) is 6.55. The van der Waals surface area contributed by atoms with E-state index in [0.717, 1.165) is 109 Å². The Balaban J connectivity index is 4.38. The van der Waals surface area contributed by atoms with E-state index < -0.39 is 6.10 Å². The van der Waals surface area contributed by atoms with Gasteiger partial charge >= 0.3 is 17.9 Å². The van der Waals surface area contributed by atoms with Crippen molar-refractivity contribution in [3.63, 3.8) is 0 Å². The predicted molar refractivity (Wildman–Crippen MR) is 251 cm³/mol. The van der Waals surface area contributed by atoms with Crippen LogP contribution in [0.5, 0.6) is 0 Å². The lowest BCUT2D eigenvalue weighted by molar-refractivity contribution is -0.167. The fraction of sp³-hybridized carbons (Fsp3) is 0.717. The van der Waals surface area contributed by atoms with Gasteiger partial charge in [-0.05, 0) is 103 Å². The first kappa shape index (κ1) is 55.9. The van der Waals surface area contributed by atoms with Gasteiger partial charge < -0.3 is 14.2 Å². The van der Waals surface area contributed by atoms with Crippen molar-refractivity contribution in [1.82, 2.24) is 0 Å². The number of ether oxygens (including phenoxy) is 3. The Morgan fingerprint density at radius 2 is 0.661 bits per heavy atom. The van der Waals surface area contributed by atoms with Crippen molar-refractivity contribution in [2.45, 2.75) is 232 Å². The third kappa shape index (κ3) is 45.8. The predicted octanol–water partition coefficient (Wildman–Crippen LogP) is 15.9. The van der Waals surface area contributed by atoms with Gasteiger partial charge in [-0.1, -0.05) is 177 Å². The molecule has 0 aliphatic carbocycles. The first-order valence-corrected chi connectivity index (χ1v) is 24.4. The second kappa shape index (κ2) is 47.5. The minimum Gasteiger partial charge on any atom is -0.462 e. The lowest BCUT2D eigenvalue weighted by Crippen LogP contribution is -2.30. The molecule has 1 unspecified atom stereocenters. The highest BCUT2D eigenvalue weighted by atomic mass is 16.6. The van der Waals surface area contributed by atoms with E-state index in [1.807, 2.05) is 0 Å². The molecule has 1 atom stereocenters. The van der Waals surface area contributed by atoms with Crippen molar-refractivity contribution >= 4 is 17.9 Å². The molecular formula is C53H90O6. The number of hydrogen-bond acceptors (Lipinski definition) is 6. The summed E-state index contributed by atoms with van der Waals surface area (Å²) >= 11 is 0. The van der Waals surface area contributed by atoms with E-state index in [0.29, 0.717) is 19.3 Å². The molecule has 0 amide bonds. The third-order valence-corrected chi connectivity index (χ3v) is 10.2. The van der Waals surface area contributed by atoms with Crippen molar-refractivity contribution in [3.05, 3.63) is 72.9 Å². The van der Waals surface area contributed by atoms with Crippen LogP contribution in [-0.4, -0.2) is 37.2 Å². The van der Waals surface area contributed by atoms with Gasteiger partial charge in [-0.15, -0.1) is 0 Å². The van der Waals surface area contributed by atoms with E-state index in [1.54, 1.807) is 0 Å². The van der Waals surface area contributed by atoms with Gasteiger partial charge in [0.25, 0.3) is 0 Å². The molecule has 0 aliphatic rings. The van der Waals surface area contributed by atoms with Crippen LogP contribution in [0.25, 0.3) is 0 Å². The Kier molecular flexibility index (Phi) is 45.0. The molecule has 0 aliphatic heterocycles. The first-order valence-electron chi connectivity index (χ1n) is 24.4. The molecule has 0 aromatic heterocycles. The van der Waals surface area contributed by atoms with Crippen molar-refractivity contribution in [3.8, 4) is 0 Å². The van der Waals surface area contributed by atoms with E-state index in [-0.39, 0.29) is 31.1 Å². The smallest absolute Gasteiger partial charge is 0.306 e. The Morgan fingerprint density at radius 3 is 1.08 bits per heavy atom. The van der Waals surface area contributed by atoms with Crippen LogP contribution in [0.4, 0.5) is 0 Å². The van der Waals surface area contributed by atoms with E-state index in [9.17, 15) is 14.4 Å². The van der Waals surface area contributed by atoms with E-state index in [4.69, 9.17) is 14.2 Å².